The Morgan fingerprint density at radius 1 is 0.882 bits per heavy atom. The topological polar surface area (TPSA) is 37.8 Å². The summed E-state index contributed by atoms with van der Waals surface area (Å²) in [5, 5.41) is 4.45. The molecule has 1 aromatic carbocycles. The first-order valence-corrected chi connectivity index (χ1v) is 5.44. The zero-order chi connectivity index (χ0) is 11.5. The number of nitrogens with one attached hydrogen (secondary N) is 1. The Labute approximate surface area is 99.2 Å². The zero-order valence-electron chi connectivity index (χ0n) is 9.17. The number of anilines is 2. The lowest BCUT2D eigenvalue weighted by Gasteiger charge is -2.08. The first kappa shape index (κ1) is 9.78. The van der Waals surface area contributed by atoms with Gasteiger partial charge in [0.05, 0.1) is 17.4 Å². The molecule has 0 unspecified atom stereocenters. The summed E-state index contributed by atoms with van der Waals surface area (Å²) in [6.45, 7) is 0. The van der Waals surface area contributed by atoms with Crippen LogP contribution < -0.4 is 5.32 Å². The highest BCUT2D eigenvalue weighted by Crippen LogP contribution is 2.24. The van der Waals surface area contributed by atoms with Crippen LogP contribution in [0, 0.1) is 0 Å². The first-order chi connectivity index (χ1) is 8.43. The minimum atomic E-state index is 0.976. The summed E-state index contributed by atoms with van der Waals surface area (Å²) in [5.74, 6) is 0. The molecule has 0 spiro atoms. The number of pyridine rings is 2. The number of aromatic nitrogens is 2. The Morgan fingerprint density at radius 3 is 2.71 bits per heavy atom. The molecular weight excluding hydrogens is 210 g/mol. The third-order valence-corrected chi connectivity index (χ3v) is 2.59. The van der Waals surface area contributed by atoms with Gasteiger partial charge in [-0.25, -0.2) is 0 Å². The van der Waals surface area contributed by atoms with E-state index < -0.39 is 0 Å². The molecule has 0 saturated heterocycles. The van der Waals surface area contributed by atoms with Gasteiger partial charge in [0.15, 0.2) is 0 Å². The van der Waals surface area contributed by atoms with Crippen molar-refractivity contribution in [3.8, 4) is 0 Å². The molecule has 2 aromatic heterocycles. The van der Waals surface area contributed by atoms with Gasteiger partial charge in [0.25, 0.3) is 0 Å². The maximum absolute atomic E-state index is 4.33. The fourth-order valence-corrected chi connectivity index (χ4v) is 1.80. The Hall–Kier alpha value is -2.42. The largest absolute Gasteiger partial charge is 0.354 e. The molecule has 2 heterocycles. The maximum Gasteiger partial charge on any atom is 0.0722 e. The van der Waals surface area contributed by atoms with Gasteiger partial charge >= 0.3 is 0 Å². The molecule has 3 aromatic rings. The van der Waals surface area contributed by atoms with Crippen LogP contribution in [0.15, 0.2) is 61.1 Å². The van der Waals surface area contributed by atoms with Gasteiger partial charge in [0, 0.05) is 23.5 Å². The number of rotatable bonds is 2. The van der Waals surface area contributed by atoms with Crippen LogP contribution in [0.5, 0.6) is 0 Å². The van der Waals surface area contributed by atoms with E-state index in [0.717, 1.165) is 22.3 Å². The average molecular weight is 221 g/mol. The van der Waals surface area contributed by atoms with Crippen LogP contribution in [0.4, 0.5) is 11.4 Å². The van der Waals surface area contributed by atoms with E-state index in [1.54, 1.807) is 18.6 Å². The molecule has 0 aliphatic rings. The SMILES string of the molecule is c1cncc(Nc2cccc3ncccc23)c1. The maximum atomic E-state index is 4.33. The normalized spacial score (nSPS) is 10.4. The molecule has 0 aliphatic carbocycles. The van der Waals surface area contributed by atoms with Crippen molar-refractivity contribution < 1.29 is 0 Å². The fraction of sp³-hybridized carbons (Fsp3) is 0. The van der Waals surface area contributed by atoms with Crippen molar-refractivity contribution >= 4 is 22.3 Å². The standard InChI is InChI=1S/C14H11N3/c1-6-13-12(5-3-9-16-13)14(7-1)17-11-4-2-8-15-10-11/h1-10,17H. The van der Waals surface area contributed by atoms with Gasteiger partial charge in [-0.15, -0.1) is 0 Å². The molecule has 17 heavy (non-hydrogen) atoms. The molecule has 0 atom stereocenters. The third-order valence-electron chi connectivity index (χ3n) is 2.59. The van der Waals surface area contributed by atoms with E-state index in [1.165, 1.54) is 0 Å². The minimum Gasteiger partial charge on any atom is -0.354 e. The van der Waals surface area contributed by atoms with Gasteiger partial charge in [-0.2, -0.15) is 0 Å². The molecule has 0 radical (unpaired) electrons. The molecular formula is C14H11N3. The van der Waals surface area contributed by atoms with Crippen molar-refractivity contribution in [2.75, 3.05) is 5.32 Å². The molecule has 1 N–H and O–H groups in total. The Balaban J connectivity index is 2.06. The summed E-state index contributed by atoms with van der Waals surface area (Å²) < 4.78 is 0. The molecule has 3 heteroatoms. The minimum absolute atomic E-state index is 0.976. The summed E-state index contributed by atoms with van der Waals surface area (Å²) >= 11 is 0. The van der Waals surface area contributed by atoms with Crippen molar-refractivity contribution in [3.05, 3.63) is 61.1 Å². The van der Waals surface area contributed by atoms with Crippen molar-refractivity contribution in [2.45, 2.75) is 0 Å². The van der Waals surface area contributed by atoms with Gasteiger partial charge < -0.3 is 5.32 Å². The first-order valence-electron chi connectivity index (χ1n) is 5.44. The second-order valence-electron chi connectivity index (χ2n) is 3.74. The summed E-state index contributed by atoms with van der Waals surface area (Å²) in [6, 6.07) is 13.9. The summed E-state index contributed by atoms with van der Waals surface area (Å²) in [7, 11) is 0. The van der Waals surface area contributed by atoms with Gasteiger partial charge in [-0.3, -0.25) is 9.97 Å². The number of hydrogen-bond donors (Lipinski definition) is 1. The molecule has 0 saturated carbocycles. The van der Waals surface area contributed by atoms with Crippen LogP contribution >= 0.6 is 0 Å². The van der Waals surface area contributed by atoms with Crippen LogP contribution in [-0.2, 0) is 0 Å². The van der Waals surface area contributed by atoms with E-state index >= 15 is 0 Å². The van der Waals surface area contributed by atoms with E-state index in [1.807, 2.05) is 36.4 Å². The lowest BCUT2D eigenvalue weighted by molar-refractivity contribution is 1.32. The Bertz CT molecular complexity index is 630. The smallest absolute Gasteiger partial charge is 0.0722 e. The second kappa shape index (κ2) is 4.22. The monoisotopic (exact) mass is 221 g/mol. The highest BCUT2D eigenvalue weighted by molar-refractivity contribution is 5.92. The van der Waals surface area contributed by atoms with E-state index in [9.17, 15) is 0 Å². The Kier molecular flexibility index (Phi) is 2.43. The van der Waals surface area contributed by atoms with E-state index in [0.29, 0.717) is 0 Å². The molecule has 0 amide bonds. The van der Waals surface area contributed by atoms with Crippen LogP contribution in [0.25, 0.3) is 10.9 Å². The summed E-state index contributed by atoms with van der Waals surface area (Å²) in [5.41, 5.74) is 3.01. The predicted molar refractivity (Wildman–Crippen MR) is 69.3 cm³/mol. The van der Waals surface area contributed by atoms with Crippen molar-refractivity contribution in [2.24, 2.45) is 0 Å². The van der Waals surface area contributed by atoms with E-state index in [2.05, 4.69) is 21.4 Å². The van der Waals surface area contributed by atoms with Crippen LogP contribution in [0.2, 0.25) is 0 Å². The number of benzene rings is 1. The van der Waals surface area contributed by atoms with Gasteiger partial charge in [-0.05, 0) is 36.4 Å². The third kappa shape index (κ3) is 1.95. The lowest BCUT2D eigenvalue weighted by Crippen LogP contribution is -1.92. The van der Waals surface area contributed by atoms with Crippen LogP contribution in [0.3, 0.4) is 0 Å². The van der Waals surface area contributed by atoms with E-state index in [-0.39, 0.29) is 0 Å². The number of nitrogens with zero attached hydrogens (tertiary/aromatic N) is 2. The van der Waals surface area contributed by atoms with Crippen LogP contribution in [0.1, 0.15) is 0 Å². The van der Waals surface area contributed by atoms with Crippen molar-refractivity contribution in [3.63, 3.8) is 0 Å². The Morgan fingerprint density at radius 2 is 1.82 bits per heavy atom. The molecule has 0 bridgehead atoms. The highest BCUT2D eigenvalue weighted by atomic mass is 14.9. The molecule has 0 fully saturated rings. The highest BCUT2D eigenvalue weighted by Gasteiger charge is 2.00. The van der Waals surface area contributed by atoms with Crippen molar-refractivity contribution in [1.29, 1.82) is 0 Å². The fourth-order valence-electron chi connectivity index (χ4n) is 1.80. The number of fused-ring (bicyclic) bond motifs is 1. The van der Waals surface area contributed by atoms with E-state index in [4.69, 9.17) is 0 Å². The quantitative estimate of drug-likeness (QED) is 0.721. The summed E-state index contributed by atoms with van der Waals surface area (Å²) in [6.07, 6.45) is 5.36. The van der Waals surface area contributed by atoms with Gasteiger partial charge in [0.1, 0.15) is 0 Å². The average Bonchev–Trinajstić information content (AvgIpc) is 2.40. The molecule has 3 rings (SSSR count). The van der Waals surface area contributed by atoms with Gasteiger partial charge in [0.2, 0.25) is 0 Å². The molecule has 3 nitrogen and oxygen atoms in total. The molecule has 82 valence electrons. The van der Waals surface area contributed by atoms with Gasteiger partial charge in [-0.1, -0.05) is 6.07 Å². The summed E-state index contributed by atoms with van der Waals surface area (Å²) in [4.78, 5) is 8.41. The molecule has 0 aliphatic heterocycles. The second-order valence-corrected chi connectivity index (χ2v) is 3.74. The van der Waals surface area contributed by atoms with Crippen LogP contribution in [-0.4, -0.2) is 9.97 Å². The number of hydrogen-bond acceptors (Lipinski definition) is 3. The zero-order valence-corrected chi connectivity index (χ0v) is 9.17. The predicted octanol–water partition coefficient (Wildman–Crippen LogP) is 3.37. The lowest BCUT2D eigenvalue weighted by atomic mass is 10.2. The van der Waals surface area contributed by atoms with Crippen molar-refractivity contribution in [1.82, 2.24) is 9.97 Å².